The van der Waals surface area contributed by atoms with Gasteiger partial charge in [0, 0.05) is 11.6 Å². The molecule has 0 saturated heterocycles. The van der Waals surface area contributed by atoms with E-state index in [0.29, 0.717) is 24.7 Å². The van der Waals surface area contributed by atoms with Crippen LogP contribution in [0.2, 0.25) is 0 Å². The molecule has 0 unspecified atom stereocenters. The predicted octanol–water partition coefficient (Wildman–Crippen LogP) is 3.15. The fourth-order valence-electron chi connectivity index (χ4n) is 2.40. The number of benzene rings is 1. The molecule has 4 aromatic rings. The van der Waals surface area contributed by atoms with Crippen molar-refractivity contribution in [1.29, 1.82) is 0 Å². The van der Waals surface area contributed by atoms with Crippen molar-refractivity contribution in [2.45, 2.75) is 13.0 Å². The van der Waals surface area contributed by atoms with E-state index in [2.05, 4.69) is 25.4 Å². The Morgan fingerprint density at radius 1 is 1.00 bits per heavy atom. The topological polar surface area (TPSA) is 79.6 Å². The highest BCUT2D eigenvalue weighted by molar-refractivity contribution is 5.77. The van der Waals surface area contributed by atoms with Crippen molar-refractivity contribution in [3.8, 4) is 0 Å². The van der Waals surface area contributed by atoms with Crippen LogP contribution < -0.4 is 5.32 Å². The summed E-state index contributed by atoms with van der Waals surface area (Å²) in [5.41, 5.74) is 2.00. The molecule has 0 bridgehead atoms. The summed E-state index contributed by atoms with van der Waals surface area (Å²) in [5.74, 6) is 2.00. The lowest BCUT2D eigenvalue weighted by Crippen LogP contribution is -2.03. The molecule has 0 aliphatic heterocycles. The SMILES string of the molecule is c1ccc(Cc2nc(CNc3ccc4cc[nH]c4n3)no2)cc1. The lowest BCUT2D eigenvalue weighted by molar-refractivity contribution is 0.380. The largest absolute Gasteiger partial charge is 0.363 e. The summed E-state index contributed by atoms with van der Waals surface area (Å²) in [4.78, 5) is 12.0. The molecule has 0 aliphatic carbocycles. The lowest BCUT2D eigenvalue weighted by atomic mass is 10.1. The Labute approximate surface area is 132 Å². The normalized spacial score (nSPS) is 11.0. The molecule has 0 spiro atoms. The van der Waals surface area contributed by atoms with E-state index >= 15 is 0 Å². The van der Waals surface area contributed by atoms with E-state index in [4.69, 9.17) is 4.52 Å². The third-order valence-corrected chi connectivity index (χ3v) is 3.55. The van der Waals surface area contributed by atoms with Gasteiger partial charge in [-0.25, -0.2) is 4.98 Å². The predicted molar refractivity (Wildman–Crippen MR) is 87.0 cm³/mol. The van der Waals surface area contributed by atoms with Crippen molar-refractivity contribution < 1.29 is 4.52 Å². The van der Waals surface area contributed by atoms with E-state index in [1.54, 1.807) is 0 Å². The van der Waals surface area contributed by atoms with Crippen molar-refractivity contribution in [1.82, 2.24) is 20.1 Å². The van der Waals surface area contributed by atoms with E-state index in [9.17, 15) is 0 Å². The number of H-pyrrole nitrogens is 1. The van der Waals surface area contributed by atoms with Crippen LogP contribution in [0.4, 0.5) is 5.82 Å². The van der Waals surface area contributed by atoms with Crippen LogP contribution in [-0.2, 0) is 13.0 Å². The van der Waals surface area contributed by atoms with Crippen LogP contribution in [0.25, 0.3) is 11.0 Å². The van der Waals surface area contributed by atoms with E-state index < -0.39 is 0 Å². The number of hydrogen-bond acceptors (Lipinski definition) is 5. The molecule has 0 saturated carbocycles. The highest BCUT2D eigenvalue weighted by Crippen LogP contribution is 2.14. The Hall–Kier alpha value is -3.15. The van der Waals surface area contributed by atoms with Crippen molar-refractivity contribution in [3.63, 3.8) is 0 Å². The number of anilines is 1. The van der Waals surface area contributed by atoms with Gasteiger partial charge in [-0.1, -0.05) is 35.5 Å². The molecule has 3 heterocycles. The summed E-state index contributed by atoms with van der Waals surface area (Å²) in [5, 5.41) is 8.28. The van der Waals surface area contributed by atoms with Crippen molar-refractivity contribution in [3.05, 3.63) is 72.0 Å². The van der Waals surface area contributed by atoms with Gasteiger partial charge >= 0.3 is 0 Å². The molecule has 0 radical (unpaired) electrons. The second kappa shape index (κ2) is 5.92. The van der Waals surface area contributed by atoms with Gasteiger partial charge in [-0.3, -0.25) is 0 Å². The first-order valence-electron chi connectivity index (χ1n) is 7.40. The molecule has 0 amide bonds. The van der Waals surface area contributed by atoms with Crippen LogP contribution in [0, 0.1) is 0 Å². The fraction of sp³-hybridized carbons (Fsp3) is 0.118. The molecule has 0 atom stereocenters. The number of nitrogens with zero attached hydrogens (tertiary/aromatic N) is 3. The van der Waals surface area contributed by atoms with Gasteiger partial charge in [-0.15, -0.1) is 0 Å². The maximum atomic E-state index is 5.29. The average molecular weight is 305 g/mol. The van der Waals surface area contributed by atoms with Gasteiger partial charge in [-0.2, -0.15) is 4.98 Å². The lowest BCUT2D eigenvalue weighted by Gasteiger charge is -2.01. The van der Waals surface area contributed by atoms with Gasteiger partial charge in [0.15, 0.2) is 5.82 Å². The zero-order chi connectivity index (χ0) is 15.5. The Kier molecular flexibility index (Phi) is 3.48. The Bertz CT molecular complexity index is 913. The minimum Gasteiger partial charge on any atom is -0.363 e. The number of aromatic nitrogens is 4. The Morgan fingerprint density at radius 3 is 2.83 bits per heavy atom. The van der Waals surface area contributed by atoms with Gasteiger partial charge in [0.05, 0.1) is 13.0 Å². The number of aromatic amines is 1. The summed E-state index contributed by atoms with van der Waals surface area (Å²) in [7, 11) is 0. The molecule has 0 fully saturated rings. The van der Waals surface area contributed by atoms with Crippen molar-refractivity contribution in [2.24, 2.45) is 0 Å². The van der Waals surface area contributed by atoms with Crippen LogP contribution in [0.1, 0.15) is 17.3 Å². The summed E-state index contributed by atoms with van der Waals surface area (Å²) < 4.78 is 5.29. The van der Waals surface area contributed by atoms with Gasteiger partial charge in [0.2, 0.25) is 5.89 Å². The molecule has 2 N–H and O–H groups in total. The van der Waals surface area contributed by atoms with Crippen molar-refractivity contribution in [2.75, 3.05) is 5.32 Å². The van der Waals surface area contributed by atoms with Crippen LogP contribution >= 0.6 is 0 Å². The zero-order valence-corrected chi connectivity index (χ0v) is 12.4. The third kappa shape index (κ3) is 3.06. The smallest absolute Gasteiger partial charge is 0.231 e. The van der Waals surface area contributed by atoms with Crippen LogP contribution in [0.5, 0.6) is 0 Å². The molecule has 1 aromatic carbocycles. The average Bonchev–Trinajstić information content (AvgIpc) is 3.22. The van der Waals surface area contributed by atoms with Crippen LogP contribution in [0.15, 0.2) is 59.3 Å². The fourth-order valence-corrected chi connectivity index (χ4v) is 2.40. The Morgan fingerprint density at radius 2 is 1.91 bits per heavy atom. The molecule has 114 valence electrons. The number of nitrogens with one attached hydrogen (secondary N) is 2. The van der Waals surface area contributed by atoms with Crippen molar-refractivity contribution >= 4 is 16.9 Å². The standard InChI is InChI=1S/C17H15N5O/c1-2-4-12(5-3-1)10-16-20-15(22-23-16)11-19-14-7-6-13-8-9-18-17(13)21-14/h1-9H,10-11H2,(H2,18,19,21). The highest BCUT2D eigenvalue weighted by atomic mass is 16.5. The summed E-state index contributed by atoms with van der Waals surface area (Å²) >= 11 is 0. The molecule has 4 rings (SSSR count). The molecular weight excluding hydrogens is 290 g/mol. The van der Waals surface area contributed by atoms with Gasteiger partial charge in [0.1, 0.15) is 11.5 Å². The first kappa shape index (κ1) is 13.5. The number of rotatable bonds is 5. The van der Waals surface area contributed by atoms with Gasteiger partial charge in [0.25, 0.3) is 0 Å². The minimum atomic E-state index is 0.470. The van der Waals surface area contributed by atoms with E-state index in [1.165, 1.54) is 0 Å². The molecule has 6 heteroatoms. The minimum absolute atomic E-state index is 0.470. The molecular formula is C17H15N5O. The number of hydrogen-bond donors (Lipinski definition) is 2. The second-order valence-electron chi connectivity index (χ2n) is 5.23. The van der Waals surface area contributed by atoms with Crippen LogP contribution in [0.3, 0.4) is 0 Å². The highest BCUT2D eigenvalue weighted by Gasteiger charge is 2.07. The molecule has 3 aromatic heterocycles. The second-order valence-corrected chi connectivity index (χ2v) is 5.23. The van der Waals surface area contributed by atoms with Gasteiger partial charge < -0.3 is 14.8 Å². The Balaban J connectivity index is 1.41. The van der Waals surface area contributed by atoms with E-state index in [-0.39, 0.29) is 0 Å². The van der Waals surface area contributed by atoms with E-state index in [1.807, 2.05) is 54.7 Å². The monoisotopic (exact) mass is 305 g/mol. The maximum absolute atomic E-state index is 5.29. The summed E-state index contributed by atoms with van der Waals surface area (Å²) in [6.45, 7) is 0.470. The quantitative estimate of drug-likeness (QED) is 0.592. The third-order valence-electron chi connectivity index (χ3n) is 3.55. The summed E-state index contributed by atoms with van der Waals surface area (Å²) in [6, 6.07) is 16.0. The first-order chi connectivity index (χ1) is 11.4. The zero-order valence-electron chi connectivity index (χ0n) is 12.4. The summed E-state index contributed by atoms with van der Waals surface area (Å²) in [6.07, 6.45) is 2.51. The van der Waals surface area contributed by atoms with Gasteiger partial charge in [-0.05, 0) is 23.8 Å². The first-order valence-corrected chi connectivity index (χ1v) is 7.40. The maximum Gasteiger partial charge on any atom is 0.231 e. The molecule has 0 aliphatic rings. The van der Waals surface area contributed by atoms with Crippen LogP contribution in [-0.4, -0.2) is 20.1 Å². The molecule has 23 heavy (non-hydrogen) atoms. The van der Waals surface area contributed by atoms with E-state index in [0.717, 1.165) is 22.4 Å². The molecule has 6 nitrogen and oxygen atoms in total. The number of fused-ring (bicyclic) bond motifs is 1. The number of pyridine rings is 1.